The number of nitrogens with one attached hydrogen (secondary N) is 1. The summed E-state index contributed by atoms with van der Waals surface area (Å²) in [5.41, 5.74) is -1.01. The van der Waals surface area contributed by atoms with Crippen LogP contribution in [0.15, 0.2) is 72.9 Å². The molecule has 5 rings (SSSR count). The fourth-order valence-electron chi connectivity index (χ4n) is 3.54. The van der Waals surface area contributed by atoms with Crippen LogP contribution in [0.1, 0.15) is 21.7 Å². The van der Waals surface area contributed by atoms with Gasteiger partial charge < -0.3 is 5.32 Å². The van der Waals surface area contributed by atoms with E-state index in [4.69, 9.17) is 0 Å². The van der Waals surface area contributed by atoms with Crippen molar-refractivity contribution in [2.75, 3.05) is 5.32 Å². The number of carbonyl (C=O) groups is 1. The first-order chi connectivity index (χ1) is 17.2. The topological polar surface area (TPSA) is 101 Å². The predicted molar refractivity (Wildman–Crippen MR) is 120 cm³/mol. The molecule has 0 aliphatic rings. The van der Waals surface area contributed by atoms with Gasteiger partial charge in [-0.3, -0.25) is 4.79 Å². The monoisotopic (exact) mass is 491 g/mol. The fourth-order valence-corrected chi connectivity index (χ4v) is 3.54. The van der Waals surface area contributed by atoms with E-state index in [9.17, 15) is 27.6 Å². The van der Waals surface area contributed by atoms with Crippen LogP contribution in [0.4, 0.5) is 23.4 Å². The largest absolute Gasteiger partial charge is 0.433 e. The second-order valence-corrected chi connectivity index (χ2v) is 7.55. The number of nitriles is 1. The molecule has 178 valence electrons. The molecular weight excluding hydrogens is 478 g/mol. The number of fused-ring (bicyclic) bond motifs is 1. The summed E-state index contributed by atoms with van der Waals surface area (Å²) < 4.78 is 56.6. The second kappa shape index (κ2) is 8.62. The van der Waals surface area contributed by atoms with Crippen molar-refractivity contribution in [3.8, 4) is 23.0 Å². The maximum absolute atomic E-state index is 13.8. The number of hydrogen-bond acceptors (Lipinski definition) is 5. The number of alkyl halides is 3. The summed E-state index contributed by atoms with van der Waals surface area (Å²) in [7, 11) is 0. The highest BCUT2D eigenvalue weighted by atomic mass is 19.4. The second-order valence-electron chi connectivity index (χ2n) is 7.55. The zero-order valence-electron chi connectivity index (χ0n) is 18.0. The number of benzene rings is 2. The Kier molecular flexibility index (Phi) is 5.44. The van der Waals surface area contributed by atoms with Crippen molar-refractivity contribution in [1.82, 2.24) is 24.4 Å². The summed E-state index contributed by atoms with van der Waals surface area (Å²) in [6.45, 7) is 0. The molecule has 0 atom stereocenters. The van der Waals surface area contributed by atoms with Crippen LogP contribution in [0.2, 0.25) is 0 Å². The third kappa shape index (κ3) is 4.14. The zero-order valence-corrected chi connectivity index (χ0v) is 18.0. The van der Waals surface area contributed by atoms with Crippen LogP contribution >= 0.6 is 0 Å². The van der Waals surface area contributed by atoms with Gasteiger partial charge in [0.25, 0.3) is 5.91 Å². The lowest BCUT2D eigenvalue weighted by molar-refractivity contribution is -0.142. The van der Waals surface area contributed by atoms with Crippen LogP contribution in [0.25, 0.3) is 22.6 Å². The lowest BCUT2D eigenvalue weighted by Crippen LogP contribution is -2.17. The standard InChI is InChI=1S/C24H13F4N7O/c25-16-8-6-14(7-9-16)18-10-20(24(26,27)28)35-21(31-18)11-19(33-35)23(36)32-22-15(12-29)13-30-34(22)17-4-2-1-3-5-17/h1-11,13H,(H,32,36). The summed E-state index contributed by atoms with van der Waals surface area (Å²) in [6.07, 6.45) is -3.57. The molecule has 0 aliphatic heterocycles. The molecule has 0 unspecified atom stereocenters. The molecule has 0 spiro atoms. The Hall–Kier alpha value is -5.05. The quantitative estimate of drug-likeness (QED) is 0.362. The molecule has 1 amide bonds. The van der Waals surface area contributed by atoms with Crippen LogP contribution in [0, 0.1) is 17.1 Å². The van der Waals surface area contributed by atoms with Crippen molar-refractivity contribution in [2.24, 2.45) is 0 Å². The van der Waals surface area contributed by atoms with Crippen LogP contribution in [0.5, 0.6) is 0 Å². The van der Waals surface area contributed by atoms with Crippen LogP contribution in [0.3, 0.4) is 0 Å². The lowest BCUT2D eigenvalue weighted by atomic mass is 10.1. The van der Waals surface area contributed by atoms with Gasteiger partial charge >= 0.3 is 6.18 Å². The molecule has 3 heterocycles. The van der Waals surface area contributed by atoms with Gasteiger partial charge in [0.05, 0.1) is 17.6 Å². The summed E-state index contributed by atoms with van der Waals surface area (Å²) in [6, 6.07) is 17.2. The van der Waals surface area contributed by atoms with E-state index >= 15 is 0 Å². The Morgan fingerprint density at radius 2 is 1.75 bits per heavy atom. The van der Waals surface area contributed by atoms with Gasteiger partial charge in [-0.05, 0) is 42.5 Å². The Labute approximate surface area is 200 Å². The van der Waals surface area contributed by atoms with E-state index in [0.717, 1.165) is 24.3 Å². The van der Waals surface area contributed by atoms with Gasteiger partial charge in [-0.15, -0.1) is 0 Å². The zero-order chi connectivity index (χ0) is 25.4. The first-order valence-electron chi connectivity index (χ1n) is 10.3. The molecule has 12 heteroatoms. The maximum Gasteiger partial charge on any atom is 0.433 e. The van der Waals surface area contributed by atoms with Gasteiger partial charge in [0, 0.05) is 11.6 Å². The van der Waals surface area contributed by atoms with Crippen molar-refractivity contribution in [3.63, 3.8) is 0 Å². The molecular formula is C24H13F4N7O. The minimum Gasteiger partial charge on any atom is -0.304 e. The summed E-state index contributed by atoms with van der Waals surface area (Å²) in [5, 5.41) is 19.9. The number of amides is 1. The van der Waals surface area contributed by atoms with E-state index in [-0.39, 0.29) is 34.0 Å². The molecule has 0 saturated heterocycles. The van der Waals surface area contributed by atoms with Gasteiger partial charge in [-0.2, -0.15) is 28.6 Å². The number of aromatic nitrogens is 5. The number of rotatable bonds is 4. The molecule has 0 fully saturated rings. The first kappa shape index (κ1) is 22.7. The maximum atomic E-state index is 13.8. The van der Waals surface area contributed by atoms with Crippen LogP contribution in [-0.2, 0) is 6.18 Å². The van der Waals surface area contributed by atoms with Crippen LogP contribution < -0.4 is 5.32 Å². The highest BCUT2D eigenvalue weighted by Gasteiger charge is 2.35. The number of hydrogen-bond donors (Lipinski definition) is 1. The van der Waals surface area contributed by atoms with Crippen molar-refractivity contribution < 1.29 is 22.4 Å². The molecule has 1 N–H and O–H groups in total. The third-order valence-electron chi connectivity index (χ3n) is 5.21. The molecule has 8 nitrogen and oxygen atoms in total. The predicted octanol–water partition coefficient (Wildman–Crippen LogP) is 4.86. The molecule has 0 radical (unpaired) electrons. The van der Waals surface area contributed by atoms with Crippen molar-refractivity contribution in [2.45, 2.75) is 6.18 Å². The molecule has 5 aromatic rings. The van der Waals surface area contributed by atoms with E-state index in [2.05, 4.69) is 20.5 Å². The lowest BCUT2D eigenvalue weighted by Gasteiger charge is -2.11. The highest BCUT2D eigenvalue weighted by Crippen LogP contribution is 2.32. The van der Waals surface area contributed by atoms with E-state index in [1.807, 2.05) is 6.07 Å². The third-order valence-corrected chi connectivity index (χ3v) is 5.21. The summed E-state index contributed by atoms with van der Waals surface area (Å²) in [4.78, 5) is 17.2. The number of carbonyl (C=O) groups excluding carboxylic acids is 1. The van der Waals surface area contributed by atoms with Gasteiger partial charge in [-0.1, -0.05) is 18.2 Å². The SMILES string of the molecule is N#Cc1cnn(-c2ccccc2)c1NC(=O)c1cc2nc(-c3ccc(F)cc3)cc(C(F)(F)F)n2n1. The van der Waals surface area contributed by atoms with Gasteiger partial charge in [0.1, 0.15) is 17.4 Å². The van der Waals surface area contributed by atoms with E-state index in [1.54, 1.807) is 30.3 Å². The molecule has 0 saturated carbocycles. The smallest absolute Gasteiger partial charge is 0.304 e. The number of para-hydroxylation sites is 1. The molecule has 3 aromatic heterocycles. The van der Waals surface area contributed by atoms with Crippen molar-refractivity contribution >= 4 is 17.4 Å². The fraction of sp³-hybridized carbons (Fsp3) is 0.0417. The van der Waals surface area contributed by atoms with Crippen molar-refractivity contribution in [1.29, 1.82) is 5.26 Å². The van der Waals surface area contributed by atoms with Crippen LogP contribution in [-0.4, -0.2) is 30.3 Å². The Balaban J connectivity index is 1.57. The van der Waals surface area contributed by atoms with Gasteiger partial charge in [0.2, 0.25) is 0 Å². The summed E-state index contributed by atoms with van der Waals surface area (Å²) >= 11 is 0. The molecule has 36 heavy (non-hydrogen) atoms. The van der Waals surface area contributed by atoms with E-state index in [1.165, 1.54) is 23.0 Å². The Bertz CT molecular complexity index is 1630. The number of anilines is 1. The molecule has 0 aliphatic carbocycles. The molecule has 2 aromatic carbocycles. The van der Waals surface area contributed by atoms with E-state index < -0.39 is 23.6 Å². The highest BCUT2D eigenvalue weighted by molar-refractivity contribution is 6.03. The summed E-state index contributed by atoms with van der Waals surface area (Å²) in [5.74, 6) is -1.39. The van der Waals surface area contributed by atoms with Gasteiger partial charge in [0.15, 0.2) is 22.9 Å². The van der Waals surface area contributed by atoms with E-state index in [0.29, 0.717) is 10.2 Å². The number of nitrogens with zero attached hydrogens (tertiary/aromatic N) is 6. The molecule has 0 bridgehead atoms. The minimum atomic E-state index is -4.82. The first-order valence-corrected chi connectivity index (χ1v) is 10.3. The normalized spacial score (nSPS) is 11.4. The minimum absolute atomic E-state index is 0.0294. The average Bonchev–Trinajstić information content (AvgIpc) is 3.48. The Morgan fingerprint density at radius 3 is 2.42 bits per heavy atom. The van der Waals surface area contributed by atoms with Crippen molar-refractivity contribution in [3.05, 3.63) is 95.7 Å². The number of halogens is 4. The average molecular weight is 491 g/mol. The van der Waals surface area contributed by atoms with Gasteiger partial charge in [-0.25, -0.2) is 18.6 Å². The Morgan fingerprint density at radius 1 is 1.03 bits per heavy atom.